The molecule has 0 unspecified atom stereocenters. The van der Waals surface area contributed by atoms with Crippen LogP contribution in [0.1, 0.15) is 57.8 Å². The van der Waals surface area contributed by atoms with Crippen molar-refractivity contribution in [1.29, 1.82) is 0 Å². The SMILES string of the molecule is O=C(NC1CCCCC1)NC1CCN(S(=O)(=O)c2ccc(S(=O)(=O)NC3CC3)cc2)CC1. The number of hydrogen-bond donors (Lipinski definition) is 3. The number of amides is 2. The normalized spacial score (nSPS) is 21.9. The van der Waals surface area contributed by atoms with Gasteiger partial charge >= 0.3 is 6.03 Å². The molecule has 0 bridgehead atoms. The lowest BCUT2D eigenvalue weighted by molar-refractivity contribution is 0.220. The molecule has 2 saturated carbocycles. The van der Waals surface area contributed by atoms with Crippen LogP contribution in [0.4, 0.5) is 4.79 Å². The van der Waals surface area contributed by atoms with E-state index in [1.165, 1.54) is 35.0 Å². The van der Waals surface area contributed by atoms with Crippen LogP contribution >= 0.6 is 0 Å². The van der Waals surface area contributed by atoms with Gasteiger partial charge in [-0.25, -0.2) is 26.4 Å². The number of carbonyl (C=O) groups is 1. The van der Waals surface area contributed by atoms with Crippen molar-refractivity contribution < 1.29 is 21.6 Å². The molecule has 0 spiro atoms. The number of nitrogens with zero attached hydrogens (tertiary/aromatic N) is 1. The molecule has 178 valence electrons. The fourth-order valence-electron chi connectivity index (χ4n) is 4.33. The van der Waals surface area contributed by atoms with Crippen LogP contribution in [0.3, 0.4) is 0 Å². The van der Waals surface area contributed by atoms with E-state index in [1.807, 2.05) is 0 Å². The van der Waals surface area contributed by atoms with Crippen LogP contribution in [0.2, 0.25) is 0 Å². The molecule has 9 nitrogen and oxygen atoms in total. The van der Waals surface area contributed by atoms with Crippen LogP contribution in [0.15, 0.2) is 34.1 Å². The van der Waals surface area contributed by atoms with Gasteiger partial charge in [0.25, 0.3) is 0 Å². The van der Waals surface area contributed by atoms with Crippen molar-refractivity contribution in [1.82, 2.24) is 19.7 Å². The second-order valence-electron chi connectivity index (χ2n) is 9.00. The summed E-state index contributed by atoms with van der Waals surface area (Å²) >= 11 is 0. The first kappa shape index (κ1) is 23.5. The summed E-state index contributed by atoms with van der Waals surface area (Å²) in [5.74, 6) is 0. The summed E-state index contributed by atoms with van der Waals surface area (Å²) < 4.78 is 54.5. The Labute approximate surface area is 190 Å². The molecule has 3 aliphatic rings. The number of carbonyl (C=O) groups excluding carboxylic acids is 1. The monoisotopic (exact) mass is 484 g/mol. The molecule has 1 aromatic carbocycles. The number of rotatable bonds is 7. The Balaban J connectivity index is 1.30. The fourth-order valence-corrected chi connectivity index (χ4v) is 7.10. The van der Waals surface area contributed by atoms with Gasteiger partial charge in [0.2, 0.25) is 20.0 Å². The second kappa shape index (κ2) is 9.66. The van der Waals surface area contributed by atoms with Crippen molar-refractivity contribution in [2.24, 2.45) is 0 Å². The third-order valence-electron chi connectivity index (χ3n) is 6.40. The van der Waals surface area contributed by atoms with Crippen molar-refractivity contribution in [3.63, 3.8) is 0 Å². The van der Waals surface area contributed by atoms with Gasteiger partial charge < -0.3 is 10.6 Å². The molecule has 32 heavy (non-hydrogen) atoms. The number of sulfonamides is 2. The fraction of sp³-hybridized carbons (Fsp3) is 0.667. The third kappa shape index (κ3) is 5.81. The molecule has 1 saturated heterocycles. The number of urea groups is 1. The molecular weight excluding hydrogens is 452 g/mol. The smallest absolute Gasteiger partial charge is 0.315 e. The van der Waals surface area contributed by atoms with Gasteiger partial charge in [0.1, 0.15) is 0 Å². The van der Waals surface area contributed by atoms with E-state index < -0.39 is 20.0 Å². The van der Waals surface area contributed by atoms with Gasteiger partial charge in [-0.15, -0.1) is 0 Å². The van der Waals surface area contributed by atoms with Crippen molar-refractivity contribution in [3.8, 4) is 0 Å². The Bertz CT molecular complexity index is 1010. The van der Waals surface area contributed by atoms with Crippen molar-refractivity contribution in [3.05, 3.63) is 24.3 Å². The van der Waals surface area contributed by atoms with Crippen LogP contribution < -0.4 is 15.4 Å². The summed E-state index contributed by atoms with van der Waals surface area (Å²) in [7, 11) is -7.34. The van der Waals surface area contributed by atoms with Gasteiger partial charge in [-0.2, -0.15) is 4.31 Å². The van der Waals surface area contributed by atoms with Crippen LogP contribution in [0.25, 0.3) is 0 Å². The Morgan fingerprint density at radius 3 is 1.81 bits per heavy atom. The van der Waals surface area contributed by atoms with Crippen LogP contribution in [-0.2, 0) is 20.0 Å². The topological polar surface area (TPSA) is 125 Å². The minimum atomic E-state index is -3.72. The lowest BCUT2D eigenvalue weighted by atomic mass is 9.96. The van der Waals surface area contributed by atoms with E-state index in [-0.39, 0.29) is 33.9 Å². The molecule has 3 fully saturated rings. The summed E-state index contributed by atoms with van der Waals surface area (Å²) in [4.78, 5) is 12.4. The molecule has 0 atom stereocenters. The predicted molar refractivity (Wildman–Crippen MR) is 120 cm³/mol. The molecule has 2 aliphatic carbocycles. The molecule has 3 N–H and O–H groups in total. The first-order valence-corrected chi connectivity index (χ1v) is 14.4. The van der Waals surface area contributed by atoms with Crippen molar-refractivity contribution in [2.75, 3.05) is 13.1 Å². The Hall–Kier alpha value is -1.69. The highest BCUT2D eigenvalue weighted by molar-refractivity contribution is 7.89. The maximum atomic E-state index is 13.0. The molecular formula is C21H32N4O5S2. The van der Waals surface area contributed by atoms with Gasteiger partial charge in [-0.1, -0.05) is 19.3 Å². The highest BCUT2D eigenvalue weighted by atomic mass is 32.2. The lowest BCUT2D eigenvalue weighted by Crippen LogP contribution is -2.51. The number of hydrogen-bond acceptors (Lipinski definition) is 5. The van der Waals surface area contributed by atoms with Crippen LogP contribution in [-0.4, -0.2) is 58.4 Å². The zero-order chi connectivity index (χ0) is 22.8. The molecule has 4 rings (SSSR count). The Kier molecular flexibility index (Phi) is 7.09. The van der Waals surface area contributed by atoms with Gasteiger partial charge in [0, 0.05) is 31.2 Å². The number of benzene rings is 1. The van der Waals surface area contributed by atoms with Crippen molar-refractivity contribution in [2.45, 2.75) is 85.7 Å². The summed E-state index contributed by atoms with van der Waals surface area (Å²) in [6.07, 6.45) is 8.28. The molecule has 2 amide bonds. The first-order valence-electron chi connectivity index (χ1n) is 11.4. The maximum Gasteiger partial charge on any atom is 0.315 e. The predicted octanol–water partition coefficient (Wildman–Crippen LogP) is 1.91. The highest BCUT2D eigenvalue weighted by Gasteiger charge is 2.31. The van der Waals surface area contributed by atoms with E-state index in [0.29, 0.717) is 25.9 Å². The second-order valence-corrected chi connectivity index (χ2v) is 12.6. The standard InChI is InChI=1S/C21H32N4O5S2/c26-21(22-16-4-2-1-3-5-16)23-17-12-14-25(15-13-17)32(29,30)20-10-8-19(9-11-20)31(27,28)24-18-6-7-18/h8-11,16-18,24H,1-7,12-15H2,(H2,22,23,26). The Morgan fingerprint density at radius 1 is 0.719 bits per heavy atom. The van der Waals surface area contributed by atoms with E-state index in [2.05, 4.69) is 15.4 Å². The largest absolute Gasteiger partial charge is 0.335 e. The highest BCUT2D eigenvalue weighted by Crippen LogP contribution is 2.25. The van der Waals surface area contributed by atoms with Gasteiger partial charge in [0.15, 0.2) is 0 Å². The van der Waals surface area contributed by atoms with E-state index in [9.17, 15) is 21.6 Å². The van der Waals surface area contributed by atoms with Gasteiger partial charge in [-0.05, 0) is 62.8 Å². The summed E-state index contributed by atoms with van der Waals surface area (Å²) in [5.41, 5.74) is 0. The lowest BCUT2D eigenvalue weighted by Gasteiger charge is -2.32. The number of piperidine rings is 1. The van der Waals surface area contributed by atoms with Gasteiger partial charge in [0.05, 0.1) is 9.79 Å². The molecule has 1 aromatic rings. The number of nitrogens with one attached hydrogen (secondary N) is 3. The molecule has 1 heterocycles. The third-order valence-corrected chi connectivity index (χ3v) is 9.85. The maximum absolute atomic E-state index is 13.0. The molecule has 0 aromatic heterocycles. The molecule has 0 radical (unpaired) electrons. The van der Waals surface area contributed by atoms with E-state index in [4.69, 9.17) is 0 Å². The quantitative estimate of drug-likeness (QED) is 0.545. The minimum Gasteiger partial charge on any atom is -0.335 e. The summed E-state index contributed by atoms with van der Waals surface area (Å²) in [6.45, 7) is 0.611. The zero-order valence-corrected chi connectivity index (χ0v) is 19.8. The minimum absolute atomic E-state index is 0.0111. The van der Waals surface area contributed by atoms with Crippen LogP contribution in [0.5, 0.6) is 0 Å². The van der Waals surface area contributed by atoms with Crippen LogP contribution in [0, 0.1) is 0 Å². The first-order chi connectivity index (χ1) is 15.2. The molecule has 1 aliphatic heterocycles. The summed E-state index contributed by atoms with van der Waals surface area (Å²) in [6, 6.07) is 5.35. The molecule has 11 heteroatoms. The van der Waals surface area contributed by atoms with E-state index in [0.717, 1.165) is 38.5 Å². The van der Waals surface area contributed by atoms with E-state index in [1.54, 1.807) is 0 Å². The zero-order valence-electron chi connectivity index (χ0n) is 18.1. The Morgan fingerprint density at radius 2 is 1.25 bits per heavy atom. The van der Waals surface area contributed by atoms with Crippen molar-refractivity contribution >= 4 is 26.1 Å². The van der Waals surface area contributed by atoms with E-state index >= 15 is 0 Å². The average Bonchev–Trinajstić information content (AvgIpc) is 3.58. The average molecular weight is 485 g/mol. The van der Waals surface area contributed by atoms with Gasteiger partial charge in [-0.3, -0.25) is 0 Å². The summed E-state index contributed by atoms with van der Waals surface area (Å²) in [5, 5.41) is 6.01.